The van der Waals surface area contributed by atoms with E-state index in [-0.39, 0.29) is 18.1 Å². The van der Waals surface area contributed by atoms with Gasteiger partial charge in [0.05, 0.1) is 0 Å². The van der Waals surface area contributed by atoms with E-state index in [4.69, 9.17) is 9.15 Å². The number of aryl methyl sites for hydroxylation is 1. The van der Waals surface area contributed by atoms with Gasteiger partial charge in [-0.2, -0.15) is 8.78 Å². The molecule has 146 valence electrons. The Labute approximate surface area is 168 Å². The second-order valence-electron chi connectivity index (χ2n) is 5.82. The lowest BCUT2D eigenvalue weighted by atomic mass is 10.2. The summed E-state index contributed by atoms with van der Waals surface area (Å²) >= 11 is 3.35. The van der Waals surface area contributed by atoms with Crippen molar-refractivity contribution in [3.63, 3.8) is 0 Å². The lowest BCUT2D eigenvalue weighted by Gasteiger charge is -2.10. The number of halogens is 3. The number of benzene rings is 2. The first kappa shape index (κ1) is 19.9. The number of carbonyl (C=O) groups is 1. The van der Waals surface area contributed by atoms with E-state index in [0.717, 1.165) is 4.47 Å². The third kappa shape index (κ3) is 5.32. The van der Waals surface area contributed by atoms with E-state index in [2.05, 4.69) is 26.0 Å². The molecule has 3 aromatic rings. The van der Waals surface area contributed by atoms with Crippen molar-refractivity contribution in [2.75, 3.05) is 5.32 Å². The minimum atomic E-state index is -2.90. The highest BCUT2D eigenvalue weighted by Crippen LogP contribution is 2.24. The molecule has 0 radical (unpaired) electrons. The summed E-state index contributed by atoms with van der Waals surface area (Å²) in [5.41, 5.74) is 1.05. The van der Waals surface area contributed by atoms with Crippen molar-refractivity contribution in [3.05, 3.63) is 76.2 Å². The van der Waals surface area contributed by atoms with Crippen LogP contribution in [0, 0.1) is 6.92 Å². The predicted octanol–water partition coefficient (Wildman–Crippen LogP) is 5.78. The lowest BCUT2D eigenvalue weighted by molar-refractivity contribution is -0.0498. The summed E-state index contributed by atoms with van der Waals surface area (Å²) in [4.78, 5) is 12.4. The van der Waals surface area contributed by atoms with E-state index in [1.54, 1.807) is 19.1 Å². The number of ether oxygens (including phenoxy) is 2. The van der Waals surface area contributed by atoms with Gasteiger partial charge in [-0.05, 0) is 67.1 Å². The van der Waals surface area contributed by atoms with Crippen LogP contribution >= 0.6 is 15.9 Å². The van der Waals surface area contributed by atoms with Crippen molar-refractivity contribution < 1.29 is 27.5 Å². The fraction of sp³-hybridized carbons (Fsp3) is 0.150. The number of rotatable bonds is 7. The third-order valence-electron chi connectivity index (χ3n) is 3.75. The second kappa shape index (κ2) is 8.88. The number of anilines is 1. The number of furan rings is 1. The Bertz CT molecular complexity index is 957. The average Bonchev–Trinajstić information content (AvgIpc) is 3.12. The molecule has 1 aromatic heterocycles. The Kier molecular flexibility index (Phi) is 6.30. The molecule has 0 aliphatic carbocycles. The van der Waals surface area contributed by atoms with Crippen molar-refractivity contribution in [1.82, 2.24) is 0 Å². The maximum atomic E-state index is 12.4. The lowest BCUT2D eigenvalue weighted by Crippen LogP contribution is -2.12. The first-order valence-electron chi connectivity index (χ1n) is 8.24. The zero-order chi connectivity index (χ0) is 20.1. The fourth-order valence-corrected chi connectivity index (χ4v) is 2.66. The van der Waals surface area contributed by atoms with Crippen LogP contribution in [0.2, 0.25) is 0 Å². The third-order valence-corrected chi connectivity index (χ3v) is 4.28. The molecule has 0 aliphatic heterocycles. The van der Waals surface area contributed by atoms with Crippen LogP contribution in [0.1, 0.15) is 21.9 Å². The number of nitrogens with one attached hydrogen (secondary N) is 1. The normalized spacial score (nSPS) is 10.8. The van der Waals surface area contributed by atoms with Gasteiger partial charge in [0.2, 0.25) is 0 Å². The zero-order valence-corrected chi connectivity index (χ0v) is 16.3. The van der Waals surface area contributed by atoms with Crippen molar-refractivity contribution >= 4 is 27.5 Å². The van der Waals surface area contributed by atoms with Gasteiger partial charge < -0.3 is 19.2 Å². The Morgan fingerprint density at radius 3 is 2.50 bits per heavy atom. The van der Waals surface area contributed by atoms with Gasteiger partial charge in [-0.25, -0.2) is 0 Å². The summed E-state index contributed by atoms with van der Waals surface area (Å²) in [6, 6.07) is 14.8. The molecular weight excluding hydrogens is 436 g/mol. The standard InChI is InChI=1S/C20H16BrF2NO4/c1-12-10-15(28-20(22)23)6-8-17(12)24-19(25)18-9-7-16(27-18)11-26-14-4-2-13(21)3-5-14/h2-10,20H,11H2,1H3,(H,24,25). The van der Waals surface area contributed by atoms with E-state index in [0.29, 0.717) is 22.8 Å². The molecule has 8 heteroatoms. The maximum absolute atomic E-state index is 12.4. The van der Waals surface area contributed by atoms with Crippen molar-refractivity contribution in [3.8, 4) is 11.5 Å². The second-order valence-corrected chi connectivity index (χ2v) is 6.73. The summed E-state index contributed by atoms with van der Waals surface area (Å²) < 4.78 is 40.9. The van der Waals surface area contributed by atoms with Crippen LogP contribution in [-0.2, 0) is 6.61 Å². The van der Waals surface area contributed by atoms with E-state index in [9.17, 15) is 13.6 Å². The molecular formula is C20H16BrF2NO4. The first-order valence-corrected chi connectivity index (χ1v) is 9.04. The molecule has 0 atom stereocenters. The van der Waals surface area contributed by atoms with Gasteiger partial charge >= 0.3 is 6.61 Å². The number of hydrogen-bond acceptors (Lipinski definition) is 4. The van der Waals surface area contributed by atoms with E-state index >= 15 is 0 Å². The highest BCUT2D eigenvalue weighted by atomic mass is 79.9. The van der Waals surface area contributed by atoms with Crippen molar-refractivity contribution in [2.24, 2.45) is 0 Å². The molecule has 0 aliphatic rings. The van der Waals surface area contributed by atoms with Crippen LogP contribution in [0.5, 0.6) is 11.5 Å². The van der Waals surface area contributed by atoms with Crippen molar-refractivity contribution in [1.29, 1.82) is 0 Å². The van der Waals surface area contributed by atoms with Crippen LogP contribution in [0.3, 0.4) is 0 Å². The van der Waals surface area contributed by atoms with E-state index < -0.39 is 12.5 Å². The molecule has 0 fully saturated rings. The van der Waals surface area contributed by atoms with Crippen LogP contribution in [0.15, 0.2) is 63.5 Å². The molecule has 0 saturated carbocycles. The van der Waals surface area contributed by atoms with Gasteiger partial charge in [0.25, 0.3) is 5.91 Å². The largest absolute Gasteiger partial charge is 0.486 e. The van der Waals surface area contributed by atoms with Crippen molar-refractivity contribution in [2.45, 2.75) is 20.1 Å². The molecule has 3 rings (SSSR count). The topological polar surface area (TPSA) is 60.7 Å². The van der Waals surface area contributed by atoms with Gasteiger partial charge in [-0.15, -0.1) is 0 Å². The minimum Gasteiger partial charge on any atom is -0.486 e. The summed E-state index contributed by atoms with van der Waals surface area (Å²) in [7, 11) is 0. The number of carbonyl (C=O) groups excluding carboxylic acids is 1. The van der Waals surface area contributed by atoms with Crippen LogP contribution in [0.25, 0.3) is 0 Å². The van der Waals surface area contributed by atoms with Gasteiger partial charge in [0.1, 0.15) is 23.9 Å². The Morgan fingerprint density at radius 2 is 1.82 bits per heavy atom. The quantitative estimate of drug-likeness (QED) is 0.494. The average molecular weight is 452 g/mol. The fourth-order valence-electron chi connectivity index (χ4n) is 2.40. The van der Waals surface area contributed by atoms with Gasteiger partial charge in [0, 0.05) is 10.2 Å². The highest BCUT2D eigenvalue weighted by molar-refractivity contribution is 9.10. The summed E-state index contributed by atoms with van der Waals surface area (Å²) in [6.07, 6.45) is 0. The summed E-state index contributed by atoms with van der Waals surface area (Å²) in [5.74, 6) is 0.843. The number of alkyl halides is 2. The predicted molar refractivity (Wildman–Crippen MR) is 103 cm³/mol. The minimum absolute atomic E-state index is 0.0240. The molecule has 5 nitrogen and oxygen atoms in total. The van der Waals surface area contributed by atoms with Gasteiger partial charge in [-0.3, -0.25) is 4.79 Å². The monoisotopic (exact) mass is 451 g/mol. The van der Waals surface area contributed by atoms with Gasteiger partial charge in [-0.1, -0.05) is 15.9 Å². The first-order chi connectivity index (χ1) is 13.4. The molecule has 28 heavy (non-hydrogen) atoms. The van der Waals surface area contributed by atoms with Crippen LogP contribution in [-0.4, -0.2) is 12.5 Å². The van der Waals surface area contributed by atoms with E-state index in [1.165, 1.54) is 18.2 Å². The highest BCUT2D eigenvalue weighted by Gasteiger charge is 2.14. The van der Waals surface area contributed by atoms with Gasteiger partial charge in [0.15, 0.2) is 5.76 Å². The molecule has 0 saturated heterocycles. The number of amides is 1. The summed E-state index contributed by atoms with van der Waals surface area (Å²) in [6.45, 7) is -1.05. The molecule has 2 aromatic carbocycles. The molecule has 1 amide bonds. The smallest absolute Gasteiger partial charge is 0.387 e. The van der Waals surface area contributed by atoms with Crippen LogP contribution in [0.4, 0.5) is 14.5 Å². The molecule has 0 spiro atoms. The Morgan fingerprint density at radius 1 is 1.11 bits per heavy atom. The Balaban J connectivity index is 1.60. The summed E-state index contributed by atoms with van der Waals surface area (Å²) in [5, 5.41) is 2.68. The molecule has 0 bridgehead atoms. The zero-order valence-electron chi connectivity index (χ0n) is 14.7. The SMILES string of the molecule is Cc1cc(OC(F)F)ccc1NC(=O)c1ccc(COc2ccc(Br)cc2)o1. The Hall–Kier alpha value is -2.87. The maximum Gasteiger partial charge on any atom is 0.387 e. The van der Waals surface area contributed by atoms with Crippen LogP contribution < -0.4 is 14.8 Å². The molecule has 1 N–H and O–H groups in total. The van der Waals surface area contributed by atoms with E-state index in [1.807, 2.05) is 24.3 Å². The number of hydrogen-bond donors (Lipinski definition) is 1. The molecule has 0 unspecified atom stereocenters. The molecule has 1 heterocycles.